The third-order valence-electron chi connectivity index (χ3n) is 4.75. The molecule has 2 bridgehead atoms. The fourth-order valence-electron chi connectivity index (χ4n) is 3.73. The van der Waals surface area contributed by atoms with Crippen molar-refractivity contribution in [1.82, 2.24) is 5.32 Å². The number of hydrogen-bond acceptors (Lipinski definition) is 2. The Morgan fingerprint density at radius 2 is 1.73 bits per heavy atom. The lowest BCUT2D eigenvalue weighted by Crippen LogP contribution is -2.42. The monoisotopic (exact) mass is 297 g/mol. The molecular weight excluding hydrogens is 277 g/mol. The number of piperidine rings is 1. The summed E-state index contributed by atoms with van der Waals surface area (Å²) in [5.74, 6) is 0.645. The van der Waals surface area contributed by atoms with Crippen LogP contribution in [0.1, 0.15) is 25.7 Å². The van der Waals surface area contributed by atoms with E-state index in [1.165, 1.54) is 18.9 Å². The highest BCUT2D eigenvalue weighted by atomic mass is 19.1. The van der Waals surface area contributed by atoms with E-state index in [4.69, 9.17) is 4.74 Å². The van der Waals surface area contributed by atoms with E-state index in [-0.39, 0.29) is 11.9 Å². The first-order chi connectivity index (χ1) is 10.8. The van der Waals surface area contributed by atoms with Gasteiger partial charge in [0.1, 0.15) is 17.7 Å². The largest absolute Gasteiger partial charge is 0.490 e. The molecule has 0 radical (unpaired) electrons. The third-order valence-corrected chi connectivity index (χ3v) is 4.75. The summed E-state index contributed by atoms with van der Waals surface area (Å²) in [7, 11) is 0. The maximum absolute atomic E-state index is 13.9. The van der Waals surface area contributed by atoms with Crippen molar-refractivity contribution >= 4 is 0 Å². The van der Waals surface area contributed by atoms with Gasteiger partial charge in [0.15, 0.2) is 0 Å². The summed E-state index contributed by atoms with van der Waals surface area (Å²) in [6.45, 7) is 0. The lowest BCUT2D eigenvalue weighted by molar-refractivity contribution is 0.137. The lowest BCUT2D eigenvalue weighted by Gasteiger charge is -2.29. The molecule has 2 saturated heterocycles. The molecule has 2 fully saturated rings. The number of ether oxygens (including phenoxy) is 1. The molecule has 0 aliphatic carbocycles. The van der Waals surface area contributed by atoms with Gasteiger partial charge in [-0.25, -0.2) is 4.39 Å². The molecule has 0 amide bonds. The van der Waals surface area contributed by atoms with Gasteiger partial charge in [0.2, 0.25) is 0 Å². The van der Waals surface area contributed by atoms with Crippen molar-refractivity contribution < 1.29 is 9.13 Å². The molecule has 0 spiro atoms. The lowest BCUT2D eigenvalue weighted by atomic mass is 10.0. The SMILES string of the molecule is Fc1ccccc1-c1cccc(OC2CC3CCC(C2)N3)c1. The van der Waals surface area contributed by atoms with E-state index in [2.05, 4.69) is 5.32 Å². The second-order valence-corrected chi connectivity index (χ2v) is 6.36. The van der Waals surface area contributed by atoms with Crippen LogP contribution in [0.25, 0.3) is 11.1 Å². The highest BCUT2D eigenvalue weighted by Gasteiger charge is 2.34. The Bertz CT molecular complexity index is 660. The van der Waals surface area contributed by atoms with E-state index >= 15 is 0 Å². The van der Waals surface area contributed by atoms with Gasteiger partial charge in [0.05, 0.1) is 0 Å². The minimum Gasteiger partial charge on any atom is -0.490 e. The zero-order valence-electron chi connectivity index (χ0n) is 12.5. The average Bonchev–Trinajstić information content (AvgIpc) is 2.87. The van der Waals surface area contributed by atoms with Crippen molar-refractivity contribution in [2.24, 2.45) is 0 Å². The fraction of sp³-hybridized carbons (Fsp3) is 0.368. The first-order valence-electron chi connectivity index (χ1n) is 8.05. The number of halogens is 1. The maximum Gasteiger partial charge on any atom is 0.131 e. The van der Waals surface area contributed by atoms with Gasteiger partial charge in [-0.2, -0.15) is 0 Å². The van der Waals surface area contributed by atoms with E-state index in [0.29, 0.717) is 17.6 Å². The summed E-state index contributed by atoms with van der Waals surface area (Å²) in [4.78, 5) is 0. The van der Waals surface area contributed by atoms with Gasteiger partial charge in [-0.15, -0.1) is 0 Å². The zero-order valence-corrected chi connectivity index (χ0v) is 12.5. The molecule has 2 atom stereocenters. The van der Waals surface area contributed by atoms with Crippen molar-refractivity contribution in [3.63, 3.8) is 0 Å². The summed E-state index contributed by atoms with van der Waals surface area (Å²) >= 11 is 0. The Morgan fingerprint density at radius 1 is 0.955 bits per heavy atom. The Hall–Kier alpha value is -1.87. The van der Waals surface area contributed by atoms with E-state index in [0.717, 1.165) is 24.2 Å². The van der Waals surface area contributed by atoms with Gasteiger partial charge in [-0.3, -0.25) is 0 Å². The number of benzene rings is 2. The van der Waals surface area contributed by atoms with Gasteiger partial charge < -0.3 is 10.1 Å². The van der Waals surface area contributed by atoms with Crippen molar-refractivity contribution in [2.75, 3.05) is 0 Å². The number of hydrogen-bond donors (Lipinski definition) is 1. The summed E-state index contributed by atoms with van der Waals surface area (Å²) in [5.41, 5.74) is 1.49. The van der Waals surface area contributed by atoms with Crippen molar-refractivity contribution in [3.05, 3.63) is 54.3 Å². The molecule has 2 aromatic carbocycles. The highest BCUT2D eigenvalue weighted by Crippen LogP contribution is 2.31. The van der Waals surface area contributed by atoms with Crippen LogP contribution in [-0.4, -0.2) is 18.2 Å². The van der Waals surface area contributed by atoms with Gasteiger partial charge >= 0.3 is 0 Å². The van der Waals surface area contributed by atoms with Crippen LogP contribution in [-0.2, 0) is 0 Å². The molecule has 1 N–H and O–H groups in total. The molecule has 0 saturated carbocycles. The molecule has 4 rings (SSSR count). The molecule has 2 heterocycles. The maximum atomic E-state index is 13.9. The van der Waals surface area contributed by atoms with E-state index in [1.807, 2.05) is 30.3 Å². The van der Waals surface area contributed by atoms with Crippen molar-refractivity contribution in [3.8, 4) is 16.9 Å². The highest BCUT2D eigenvalue weighted by molar-refractivity contribution is 5.65. The molecule has 2 unspecified atom stereocenters. The molecule has 2 aliphatic heterocycles. The van der Waals surface area contributed by atoms with Crippen LogP contribution in [0.5, 0.6) is 5.75 Å². The number of rotatable bonds is 3. The minimum atomic E-state index is -0.195. The molecular formula is C19H20FNO. The van der Waals surface area contributed by atoms with Crippen LogP contribution in [0.4, 0.5) is 4.39 Å². The minimum absolute atomic E-state index is 0.195. The van der Waals surface area contributed by atoms with E-state index < -0.39 is 0 Å². The van der Waals surface area contributed by atoms with Gasteiger partial charge in [0, 0.05) is 17.6 Å². The van der Waals surface area contributed by atoms with Crippen LogP contribution >= 0.6 is 0 Å². The Labute approximate surface area is 130 Å². The smallest absolute Gasteiger partial charge is 0.131 e. The summed E-state index contributed by atoms with van der Waals surface area (Å²) in [6, 6.07) is 15.9. The molecule has 0 aromatic heterocycles. The van der Waals surface area contributed by atoms with E-state index in [1.54, 1.807) is 12.1 Å². The second-order valence-electron chi connectivity index (χ2n) is 6.36. The molecule has 22 heavy (non-hydrogen) atoms. The summed E-state index contributed by atoms with van der Waals surface area (Å²) < 4.78 is 20.1. The van der Waals surface area contributed by atoms with Crippen LogP contribution < -0.4 is 10.1 Å². The summed E-state index contributed by atoms with van der Waals surface area (Å²) in [5, 5.41) is 3.62. The van der Waals surface area contributed by atoms with Gasteiger partial charge in [-0.1, -0.05) is 30.3 Å². The summed E-state index contributed by atoms with van der Waals surface area (Å²) in [6.07, 6.45) is 4.94. The molecule has 2 aliphatic rings. The standard InChI is InChI=1S/C19H20FNO/c20-19-7-2-1-6-18(19)13-4-3-5-16(10-13)22-17-11-14-8-9-15(12-17)21-14/h1-7,10,14-15,17,21H,8-9,11-12H2. The predicted molar refractivity (Wildman–Crippen MR) is 85.4 cm³/mol. The van der Waals surface area contributed by atoms with Gasteiger partial charge in [-0.05, 0) is 49.4 Å². The first-order valence-corrected chi connectivity index (χ1v) is 8.05. The Balaban J connectivity index is 1.54. The van der Waals surface area contributed by atoms with E-state index in [9.17, 15) is 4.39 Å². The quantitative estimate of drug-likeness (QED) is 0.918. The Morgan fingerprint density at radius 3 is 2.50 bits per heavy atom. The van der Waals surface area contributed by atoms with Gasteiger partial charge in [0.25, 0.3) is 0 Å². The Kier molecular flexibility index (Phi) is 3.59. The number of fused-ring (bicyclic) bond motifs is 2. The predicted octanol–water partition coefficient (Wildman–Crippen LogP) is 4.15. The fourth-order valence-corrected chi connectivity index (χ4v) is 3.73. The second kappa shape index (κ2) is 5.73. The van der Waals surface area contributed by atoms with Crippen LogP contribution in [0.3, 0.4) is 0 Å². The van der Waals surface area contributed by atoms with Crippen LogP contribution in [0.2, 0.25) is 0 Å². The molecule has 2 aromatic rings. The molecule has 114 valence electrons. The average molecular weight is 297 g/mol. The van der Waals surface area contributed by atoms with Crippen LogP contribution in [0.15, 0.2) is 48.5 Å². The molecule has 3 heteroatoms. The third kappa shape index (κ3) is 2.73. The van der Waals surface area contributed by atoms with Crippen LogP contribution in [0, 0.1) is 5.82 Å². The van der Waals surface area contributed by atoms with Crippen molar-refractivity contribution in [1.29, 1.82) is 0 Å². The number of nitrogens with one attached hydrogen (secondary N) is 1. The normalized spacial score (nSPS) is 26.9. The molecule has 2 nitrogen and oxygen atoms in total. The zero-order chi connectivity index (χ0) is 14.9. The van der Waals surface area contributed by atoms with Crippen molar-refractivity contribution in [2.45, 2.75) is 43.9 Å². The topological polar surface area (TPSA) is 21.3 Å². The first kappa shape index (κ1) is 13.8.